The maximum atomic E-state index is 12.4. The molecule has 0 radical (unpaired) electrons. The van der Waals surface area contributed by atoms with E-state index in [0.717, 1.165) is 45.4 Å². The molecule has 1 amide bonds. The van der Waals surface area contributed by atoms with Gasteiger partial charge >= 0.3 is 0 Å². The highest BCUT2D eigenvalue weighted by atomic mass is 16.2. The Morgan fingerprint density at radius 1 is 1.29 bits per heavy atom. The summed E-state index contributed by atoms with van der Waals surface area (Å²) in [6.45, 7) is 6.03. The van der Waals surface area contributed by atoms with Crippen molar-refractivity contribution in [3.05, 3.63) is 35.9 Å². The molecule has 4 nitrogen and oxygen atoms in total. The molecule has 4 heteroatoms. The summed E-state index contributed by atoms with van der Waals surface area (Å²) >= 11 is 0. The topological polar surface area (TPSA) is 49.6 Å². The van der Waals surface area contributed by atoms with Crippen molar-refractivity contribution in [3.8, 4) is 0 Å². The van der Waals surface area contributed by atoms with E-state index < -0.39 is 0 Å². The summed E-state index contributed by atoms with van der Waals surface area (Å²) in [5.41, 5.74) is 7.23. The van der Waals surface area contributed by atoms with Gasteiger partial charge in [-0.25, -0.2) is 0 Å². The molecule has 2 heterocycles. The van der Waals surface area contributed by atoms with Crippen LogP contribution in [-0.2, 0) is 11.3 Å². The molecule has 21 heavy (non-hydrogen) atoms. The molecule has 1 aromatic rings. The second-order valence-corrected chi connectivity index (χ2v) is 6.68. The van der Waals surface area contributed by atoms with Crippen molar-refractivity contribution >= 4 is 5.91 Å². The van der Waals surface area contributed by atoms with Crippen LogP contribution in [0.2, 0.25) is 0 Å². The molecule has 1 aromatic carbocycles. The van der Waals surface area contributed by atoms with Gasteiger partial charge in [0.05, 0.1) is 11.6 Å². The first-order valence-electron chi connectivity index (χ1n) is 7.92. The van der Waals surface area contributed by atoms with E-state index in [2.05, 4.69) is 36.1 Å². The van der Waals surface area contributed by atoms with Crippen LogP contribution < -0.4 is 5.73 Å². The van der Waals surface area contributed by atoms with Crippen LogP contribution in [-0.4, -0.2) is 46.9 Å². The van der Waals surface area contributed by atoms with Gasteiger partial charge in [0, 0.05) is 26.2 Å². The van der Waals surface area contributed by atoms with Crippen molar-refractivity contribution in [1.82, 2.24) is 9.80 Å². The van der Waals surface area contributed by atoms with E-state index in [4.69, 9.17) is 5.73 Å². The number of hydrogen-bond donors (Lipinski definition) is 1. The zero-order chi connectivity index (χ0) is 14.9. The molecule has 2 aliphatic rings. The highest BCUT2D eigenvalue weighted by Gasteiger charge is 2.43. The van der Waals surface area contributed by atoms with Crippen LogP contribution in [0, 0.1) is 0 Å². The number of likely N-dealkylation sites (tertiary alicyclic amines) is 2. The van der Waals surface area contributed by atoms with E-state index in [1.807, 2.05) is 11.0 Å². The Kier molecular flexibility index (Phi) is 4.00. The summed E-state index contributed by atoms with van der Waals surface area (Å²) < 4.78 is 0. The predicted octanol–water partition coefficient (Wildman–Crippen LogP) is 1.60. The molecule has 0 saturated carbocycles. The Morgan fingerprint density at radius 3 is 2.81 bits per heavy atom. The number of carbonyl (C=O) groups excluding carboxylic acids is 1. The molecule has 114 valence electrons. The maximum Gasteiger partial charge on any atom is 0.239 e. The first-order valence-corrected chi connectivity index (χ1v) is 7.92. The number of rotatable bonds is 3. The second-order valence-electron chi connectivity index (χ2n) is 6.68. The van der Waals surface area contributed by atoms with Gasteiger partial charge in [0.2, 0.25) is 5.91 Å². The Hall–Kier alpha value is -1.39. The summed E-state index contributed by atoms with van der Waals surface area (Å²) in [5, 5.41) is 0. The number of benzene rings is 1. The van der Waals surface area contributed by atoms with Crippen LogP contribution in [0.25, 0.3) is 0 Å². The molecule has 2 aliphatic heterocycles. The molecule has 3 rings (SSSR count). The second kappa shape index (κ2) is 5.78. The van der Waals surface area contributed by atoms with E-state index in [0.29, 0.717) is 0 Å². The van der Waals surface area contributed by atoms with Gasteiger partial charge in [0.25, 0.3) is 0 Å². The summed E-state index contributed by atoms with van der Waals surface area (Å²) in [4.78, 5) is 16.9. The van der Waals surface area contributed by atoms with Crippen LogP contribution in [0.1, 0.15) is 31.7 Å². The first kappa shape index (κ1) is 14.5. The summed E-state index contributed by atoms with van der Waals surface area (Å²) in [5.74, 6) is 0.144. The van der Waals surface area contributed by atoms with Crippen molar-refractivity contribution in [2.75, 3.05) is 19.6 Å². The Bertz CT molecular complexity index is 504. The first-order chi connectivity index (χ1) is 10.1. The molecule has 2 saturated heterocycles. The lowest BCUT2D eigenvalue weighted by molar-refractivity contribution is -0.141. The normalized spacial score (nSPS) is 30.9. The van der Waals surface area contributed by atoms with Crippen molar-refractivity contribution in [2.45, 2.75) is 44.3 Å². The van der Waals surface area contributed by atoms with Crippen molar-refractivity contribution < 1.29 is 4.79 Å². The summed E-state index contributed by atoms with van der Waals surface area (Å²) in [6.07, 6.45) is 2.90. The lowest BCUT2D eigenvalue weighted by atomic mass is 9.93. The van der Waals surface area contributed by atoms with E-state index in [1.165, 1.54) is 5.56 Å². The zero-order valence-electron chi connectivity index (χ0n) is 12.8. The van der Waals surface area contributed by atoms with Gasteiger partial charge in [0.15, 0.2) is 0 Å². The minimum atomic E-state index is -0.293. The van der Waals surface area contributed by atoms with Crippen molar-refractivity contribution in [2.24, 2.45) is 5.73 Å². The highest BCUT2D eigenvalue weighted by molar-refractivity contribution is 5.83. The van der Waals surface area contributed by atoms with Crippen LogP contribution in [0.3, 0.4) is 0 Å². The fraction of sp³-hybridized carbons (Fsp3) is 0.588. The van der Waals surface area contributed by atoms with Gasteiger partial charge in [0.1, 0.15) is 0 Å². The van der Waals surface area contributed by atoms with E-state index in [1.54, 1.807) is 0 Å². The third-order valence-electron chi connectivity index (χ3n) is 4.91. The SMILES string of the molecule is CC1(N2CCCC(N)C2=O)CCN(Cc2ccccc2)C1. The molecule has 0 bridgehead atoms. The Morgan fingerprint density at radius 2 is 2.05 bits per heavy atom. The van der Waals surface area contributed by atoms with Crippen LogP contribution >= 0.6 is 0 Å². The third kappa shape index (κ3) is 2.97. The lowest BCUT2D eigenvalue weighted by Gasteiger charge is -2.42. The minimum absolute atomic E-state index is 0.0517. The Balaban J connectivity index is 1.66. The average Bonchev–Trinajstić information content (AvgIpc) is 2.85. The van der Waals surface area contributed by atoms with Crippen LogP contribution in [0.5, 0.6) is 0 Å². The number of piperidine rings is 1. The molecule has 2 N–H and O–H groups in total. The van der Waals surface area contributed by atoms with Gasteiger partial charge in [-0.1, -0.05) is 30.3 Å². The average molecular weight is 287 g/mol. The van der Waals surface area contributed by atoms with Gasteiger partial charge < -0.3 is 10.6 Å². The molecule has 2 fully saturated rings. The number of amides is 1. The monoisotopic (exact) mass is 287 g/mol. The molecular weight excluding hydrogens is 262 g/mol. The Labute approximate surface area is 126 Å². The van der Waals surface area contributed by atoms with Gasteiger partial charge in [-0.3, -0.25) is 9.69 Å². The lowest BCUT2D eigenvalue weighted by Crippen LogP contribution is -2.58. The van der Waals surface area contributed by atoms with Gasteiger partial charge in [-0.15, -0.1) is 0 Å². The zero-order valence-corrected chi connectivity index (χ0v) is 12.8. The van der Waals surface area contributed by atoms with Crippen LogP contribution in [0.4, 0.5) is 0 Å². The minimum Gasteiger partial charge on any atom is -0.335 e. The summed E-state index contributed by atoms with van der Waals surface area (Å²) in [7, 11) is 0. The molecular formula is C17H25N3O. The smallest absolute Gasteiger partial charge is 0.239 e. The van der Waals surface area contributed by atoms with E-state index >= 15 is 0 Å². The molecule has 0 aromatic heterocycles. The number of hydrogen-bond acceptors (Lipinski definition) is 3. The van der Waals surface area contributed by atoms with Crippen LogP contribution in [0.15, 0.2) is 30.3 Å². The molecule has 2 atom stereocenters. The quantitative estimate of drug-likeness (QED) is 0.918. The maximum absolute atomic E-state index is 12.4. The van der Waals surface area contributed by atoms with E-state index in [-0.39, 0.29) is 17.5 Å². The molecule has 2 unspecified atom stereocenters. The van der Waals surface area contributed by atoms with E-state index in [9.17, 15) is 4.79 Å². The number of nitrogens with two attached hydrogens (primary N) is 1. The standard InChI is InChI=1S/C17H25N3O/c1-17(20-10-5-8-15(18)16(20)21)9-11-19(13-17)12-14-6-3-2-4-7-14/h2-4,6-7,15H,5,8-13,18H2,1H3. The highest BCUT2D eigenvalue weighted by Crippen LogP contribution is 2.31. The third-order valence-corrected chi connectivity index (χ3v) is 4.91. The number of carbonyl (C=O) groups is 1. The molecule has 0 aliphatic carbocycles. The van der Waals surface area contributed by atoms with Crippen molar-refractivity contribution in [3.63, 3.8) is 0 Å². The summed E-state index contributed by atoms with van der Waals surface area (Å²) in [6, 6.07) is 10.2. The fourth-order valence-electron chi connectivity index (χ4n) is 3.67. The number of nitrogens with zero attached hydrogens (tertiary/aromatic N) is 2. The molecule has 0 spiro atoms. The fourth-order valence-corrected chi connectivity index (χ4v) is 3.67. The largest absolute Gasteiger partial charge is 0.335 e. The van der Waals surface area contributed by atoms with Gasteiger partial charge in [-0.2, -0.15) is 0 Å². The predicted molar refractivity (Wildman–Crippen MR) is 83.7 cm³/mol. The van der Waals surface area contributed by atoms with Crippen molar-refractivity contribution in [1.29, 1.82) is 0 Å². The van der Waals surface area contributed by atoms with Gasteiger partial charge in [-0.05, 0) is 31.7 Å².